The molecule has 0 bridgehead atoms. The minimum atomic E-state index is -0.167. The van der Waals surface area contributed by atoms with Gasteiger partial charge in [0.2, 0.25) is 0 Å². The third kappa shape index (κ3) is 4.67. The smallest absolute Gasteiger partial charge is 0.316 e. The highest BCUT2D eigenvalue weighted by atomic mass is 127. The van der Waals surface area contributed by atoms with Gasteiger partial charge in [0.25, 0.3) is 0 Å². The van der Waals surface area contributed by atoms with Crippen molar-refractivity contribution >= 4 is 25.2 Å². The SMILES string of the molecule is C=Ic1ccc(C(C)C2COCc3c(-c4ccc(-n5cnc(C)c5)c(OC)c4)nc(OC)nc32)cc1. The highest BCUT2D eigenvalue weighted by molar-refractivity contribution is 14.2. The van der Waals surface area contributed by atoms with Crippen LogP contribution in [0, 0.1) is 10.5 Å². The zero-order valence-electron chi connectivity index (χ0n) is 20.9. The van der Waals surface area contributed by atoms with E-state index in [1.54, 1.807) is 20.5 Å². The molecule has 8 heteroatoms. The quantitative estimate of drug-likeness (QED) is 0.257. The number of benzene rings is 2. The number of aromatic nitrogens is 4. The lowest BCUT2D eigenvalue weighted by atomic mass is 9.82. The molecule has 3 heterocycles. The number of fused-ring (bicyclic) bond motifs is 1. The minimum absolute atomic E-state index is 0.0831. The molecule has 4 aromatic rings. The number of methoxy groups -OCH3 is 2. The van der Waals surface area contributed by atoms with Crippen molar-refractivity contribution in [2.45, 2.75) is 32.3 Å². The van der Waals surface area contributed by atoms with E-state index in [9.17, 15) is 0 Å². The molecule has 0 spiro atoms. The Balaban J connectivity index is 1.58. The molecule has 0 fully saturated rings. The second-order valence-electron chi connectivity index (χ2n) is 8.83. The number of hydrogen-bond acceptors (Lipinski definition) is 6. The maximum atomic E-state index is 6.12. The molecule has 0 aliphatic carbocycles. The van der Waals surface area contributed by atoms with E-state index in [1.165, 1.54) is 9.13 Å². The van der Waals surface area contributed by atoms with Crippen LogP contribution in [0.5, 0.6) is 11.8 Å². The molecule has 1 aliphatic rings. The van der Waals surface area contributed by atoms with Gasteiger partial charge in [-0.25, -0.2) is 4.98 Å². The van der Waals surface area contributed by atoms with Crippen molar-refractivity contribution in [3.63, 3.8) is 0 Å². The molecular weight excluding hydrogens is 567 g/mol. The van der Waals surface area contributed by atoms with Gasteiger partial charge in [0.1, 0.15) is 5.75 Å². The number of ether oxygens (including phenoxy) is 3. The first-order chi connectivity index (χ1) is 17.5. The highest BCUT2D eigenvalue weighted by Gasteiger charge is 2.32. The molecule has 1 aliphatic heterocycles. The van der Waals surface area contributed by atoms with Gasteiger partial charge in [-0.05, 0) is 42.7 Å². The van der Waals surface area contributed by atoms with Gasteiger partial charge in [-0.3, -0.25) is 0 Å². The van der Waals surface area contributed by atoms with Crippen LogP contribution in [0.1, 0.15) is 41.3 Å². The predicted molar refractivity (Wildman–Crippen MR) is 150 cm³/mol. The fourth-order valence-electron chi connectivity index (χ4n) is 4.69. The van der Waals surface area contributed by atoms with Crippen LogP contribution in [0.25, 0.3) is 16.9 Å². The summed E-state index contributed by atoms with van der Waals surface area (Å²) in [5.74, 6) is 1.03. The van der Waals surface area contributed by atoms with E-state index in [4.69, 9.17) is 24.2 Å². The Morgan fingerprint density at radius 3 is 2.58 bits per heavy atom. The molecule has 0 amide bonds. The average molecular weight is 596 g/mol. The van der Waals surface area contributed by atoms with Gasteiger partial charge in [0, 0.05) is 26.8 Å². The molecule has 36 heavy (non-hydrogen) atoms. The van der Waals surface area contributed by atoms with Crippen molar-refractivity contribution in [3.8, 4) is 28.7 Å². The molecule has 0 saturated carbocycles. The topological polar surface area (TPSA) is 71.3 Å². The fourth-order valence-corrected chi connectivity index (χ4v) is 5.55. The molecule has 2 aromatic carbocycles. The van der Waals surface area contributed by atoms with Gasteiger partial charge >= 0.3 is 6.01 Å². The van der Waals surface area contributed by atoms with Crippen LogP contribution in [0.4, 0.5) is 0 Å². The summed E-state index contributed by atoms with van der Waals surface area (Å²) in [6.45, 7) is 5.25. The van der Waals surface area contributed by atoms with Crippen molar-refractivity contribution < 1.29 is 14.2 Å². The van der Waals surface area contributed by atoms with Gasteiger partial charge in [-0.2, -0.15) is 9.97 Å². The van der Waals surface area contributed by atoms with Crippen LogP contribution in [0.15, 0.2) is 55.0 Å². The first-order valence-corrected chi connectivity index (χ1v) is 14.3. The van der Waals surface area contributed by atoms with Crippen LogP contribution >= 0.6 is 20.7 Å². The Kier molecular flexibility index (Phi) is 7.15. The van der Waals surface area contributed by atoms with Crippen LogP contribution in [0.3, 0.4) is 0 Å². The fraction of sp³-hybridized carbons (Fsp3) is 0.286. The first-order valence-electron chi connectivity index (χ1n) is 11.7. The Bertz CT molecular complexity index is 1400. The van der Waals surface area contributed by atoms with Gasteiger partial charge in [0.05, 0.1) is 56.5 Å². The number of hydrogen-bond donors (Lipinski definition) is 0. The first kappa shape index (κ1) is 24.6. The summed E-state index contributed by atoms with van der Waals surface area (Å²) >= 11 is -0.167. The summed E-state index contributed by atoms with van der Waals surface area (Å²) in [6, 6.07) is 15.2. The minimum Gasteiger partial charge on any atom is -0.495 e. The van der Waals surface area contributed by atoms with Gasteiger partial charge in [-0.15, -0.1) is 0 Å². The zero-order chi connectivity index (χ0) is 25.2. The Labute approximate surface area is 221 Å². The van der Waals surface area contributed by atoms with E-state index in [1.807, 2.05) is 35.9 Å². The highest BCUT2D eigenvalue weighted by Crippen LogP contribution is 2.41. The third-order valence-corrected chi connectivity index (χ3v) is 8.29. The second-order valence-corrected chi connectivity index (χ2v) is 10.8. The summed E-state index contributed by atoms with van der Waals surface area (Å²) in [5, 5.41) is 0. The Morgan fingerprint density at radius 2 is 1.92 bits per heavy atom. The summed E-state index contributed by atoms with van der Waals surface area (Å²) in [7, 11) is 3.28. The van der Waals surface area contributed by atoms with E-state index in [0.29, 0.717) is 19.2 Å². The van der Waals surface area contributed by atoms with Crippen LogP contribution < -0.4 is 9.47 Å². The van der Waals surface area contributed by atoms with Crippen LogP contribution in [-0.4, -0.2) is 44.9 Å². The second kappa shape index (κ2) is 10.5. The summed E-state index contributed by atoms with van der Waals surface area (Å²) < 4.78 is 24.8. The molecule has 2 aromatic heterocycles. The van der Waals surface area contributed by atoms with Crippen molar-refractivity contribution in [3.05, 3.63) is 81.1 Å². The molecule has 0 radical (unpaired) electrons. The molecule has 186 valence electrons. The predicted octanol–water partition coefficient (Wildman–Crippen LogP) is 5.64. The maximum absolute atomic E-state index is 6.12. The Morgan fingerprint density at radius 1 is 1.11 bits per heavy atom. The van der Waals surface area contributed by atoms with Gasteiger partial charge < -0.3 is 18.8 Å². The van der Waals surface area contributed by atoms with Crippen molar-refractivity contribution in [2.75, 3.05) is 20.8 Å². The lowest BCUT2D eigenvalue weighted by Crippen LogP contribution is -2.24. The van der Waals surface area contributed by atoms with E-state index in [0.717, 1.165) is 39.6 Å². The van der Waals surface area contributed by atoms with Crippen LogP contribution in [-0.2, 0) is 11.3 Å². The monoisotopic (exact) mass is 596 g/mol. The van der Waals surface area contributed by atoms with E-state index in [-0.39, 0.29) is 32.6 Å². The summed E-state index contributed by atoms with van der Waals surface area (Å²) in [4.78, 5) is 13.9. The van der Waals surface area contributed by atoms with E-state index >= 15 is 0 Å². The number of nitrogens with zero attached hydrogens (tertiary/aromatic N) is 4. The van der Waals surface area contributed by atoms with E-state index in [2.05, 4.69) is 40.7 Å². The van der Waals surface area contributed by atoms with Crippen molar-refractivity contribution in [1.29, 1.82) is 0 Å². The molecule has 0 saturated heterocycles. The molecule has 7 nitrogen and oxygen atoms in total. The largest absolute Gasteiger partial charge is 0.495 e. The number of imidazole rings is 1. The standard InChI is InChI=1S/C28H29IN4O3/c1-17-13-33(16-30-17)24-11-8-20(12-25(24)34-4)26-23-15-36-14-22(27(23)32-28(31-26)35-5)18(2)19-6-9-21(29-3)10-7-19/h6-13,16,18,22H,3,14-15H2,1-2,4-5H3. The van der Waals surface area contributed by atoms with Crippen molar-refractivity contribution in [2.24, 2.45) is 0 Å². The summed E-state index contributed by atoms with van der Waals surface area (Å²) in [5.41, 5.74) is 6.81. The summed E-state index contributed by atoms with van der Waals surface area (Å²) in [6.07, 6.45) is 3.76. The molecule has 0 N–H and O–H groups in total. The lowest BCUT2D eigenvalue weighted by molar-refractivity contribution is 0.0827. The Hall–Kier alpha value is -3.11. The molecular formula is C28H29IN4O3. The number of halogens is 1. The van der Waals surface area contributed by atoms with Crippen LogP contribution in [0.2, 0.25) is 0 Å². The van der Waals surface area contributed by atoms with Gasteiger partial charge in [0.15, 0.2) is 0 Å². The maximum Gasteiger partial charge on any atom is 0.316 e. The number of rotatable bonds is 7. The third-order valence-electron chi connectivity index (χ3n) is 6.69. The average Bonchev–Trinajstić information content (AvgIpc) is 3.37. The molecule has 5 rings (SSSR count). The van der Waals surface area contributed by atoms with Gasteiger partial charge in [-0.1, -0.05) is 50.4 Å². The normalized spacial score (nSPS) is 15.8. The zero-order valence-corrected chi connectivity index (χ0v) is 23.0. The molecule has 2 atom stereocenters. The van der Waals surface area contributed by atoms with E-state index < -0.39 is 0 Å². The van der Waals surface area contributed by atoms with Crippen molar-refractivity contribution in [1.82, 2.24) is 19.5 Å². The number of aryl methyl sites for hydroxylation is 1. The lowest BCUT2D eigenvalue weighted by Gasteiger charge is -2.31. The molecule has 2 unspecified atom stereocenters.